The summed E-state index contributed by atoms with van der Waals surface area (Å²) < 4.78 is 38.2. The van der Waals surface area contributed by atoms with Crippen LogP contribution < -0.4 is 4.83 Å². The molecule has 7 nitrogen and oxygen atoms in total. The second kappa shape index (κ2) is 11.6. The van der Waals surface area contributed by atoms with Crippen LogP contribution in [0.5, 0.6) is 0 Å². The van der Waals surface area contributed by atoms with Crippen molar-refractivity contribution in [3.05, 3.63) is 102 Å². The molecule has 1 aliphatic rings. The zero-order valence-corrected chi connectivity index (χ0v) is 22.9. The number of benzene rings is 2. The summed E-state index contributed by atoms with van der Waals surface area (Å²) in [4.78, 5) is 12.7. The Morgan fingerprint density at radius 1 is 1.00 bits per heavy atom. The number of hydrazine groups is 1. The van der Waals surface area contributed by atoms with Crippen molar-refractivity contribution in [2.24, 2.45) is 0 Å². The van der Waals surface area contributed by atoms with E-state index in [1.165, 1.54) is 22.7 Å². The molecule has 0 bridgehead atoms. The van der Waals surface area contributed by atoms with Gasteiger partial charge in [-0.2, -0.15) is 0 Å². The Labute approximate surface area is 229 Å². The number of hydrogen-bond donors (Lipinski definition) is 2. The number of aromatic nitrogens is 2. The van der Waals surface area contributed by atoms with Crippen LogP contribution in [-0.4, -0.2) is 62.0 Å². The van der Waals surface area contributed by atoms with Gasteiger partial charge in [-0.05, 0) is 83.6 Å². The molecule has 0 saturated carbocycles. The van der Waals surface area contributed by atoms with E-state index in [0.717, 1.165) is 66.0 Å². The van der Waals surface area contributed by atoms with Crippen LogP contribution in [0.2, 0.25) is 0 Å². The Morgan fingerprint density at radius 2 is 1.72 bits per heavy atom. The molecular formula is C30H32FN5O2S. The van der Waals surface area contributed by atoms with Crippen LogP contribution >= 0.6 is 0 Å². The van der Waals surface area contributed by atoms with Crippen LogP contribution in [0.1, 0.15) is 17.5 Å². The van der Waals surface area contributed by atoms with E-state index in [1.807, 2.05) is 24.3 Å². The fraction of sp³-hybridized carbons (Fsp3) is 0.233. The first-order valence-corrected chi connectivity index (χ1v) is 14.4. The Hall–Kier alpha value is -3.63. The summed E-state index contributed by atoms with van der Waals surface area (Å²) in [6, 6.07) is 17.6. The minimum Gasteiger partial charge on any atom is -0.360 e. The zero-order chi connectivity index (χ0) is 27.4. The summed E-state index contributed by atoms with van der Waals surface area (Å²) in [6.07, 6.45) is 9.67. The topological polar surface area (TPSA) is 81.3 Å². The zero-order valence-electron chi connectivity index (χ0n) is 22.1. The highest BCUT2D eigenvalue weighted by atomic mass is 32.2. The maximum absolute atomic E-state index is 13.6. The van der Waals surface area contributed by atoms with Crippen molar-refractivity contribution in [3.63, 3.8) is 0 Å². The van der Waals surface area contributed by atoms with Gasteiger partial charge < -0.3 is 4.98 Å². The van der Waals surface area contributed by atoms with Crippen LogP contribution in [0, 0.1) is 5.82 Å². The van der Waals surface area contributed by atoms with Gasteiger partial charge in [0.05, 0.1) is 10.6 Å². The molecule has 1 aliphatic heterocycles. The Kier molecular flexibility index (Phi) is 8.04. The smallest absolute Gasteiger partial charge is 0.253 e. The van der Waals surface area contributed by atoms with Crippen LogP contribution in [0.4, 0.5) is 4.39 Å². The molecule has 202 valence electrons. The molecule has 0 amide bonds. The fourth-order valence-corrected chi connectivity index (χ4v) is 5.99. The van der Waals surface area contributed by atoms with E-state index in [4.69, 9.17) is 0 Å². The second-order valence-corrected chi connectivity index (χ2v) is 11.5. The molecule has 2 aromatic carbocycles. The largest absolute Gasteiger partial charge is 0.360 e. The predicted octanol–water partition coefficient (Wildman–Crippen LogP) is 4.97. The number of pyridine rings is 1. The van der Waals surface area contributed by atoms with Crippen LogP contribution in [0.25, 0.3) is 28.0 Å². The molecule has 0 saturated heterocycles. The van der Waals surface area contributed by atoms with E-state index in [-0.39, 0.29) is 10.7 Å². The van der Waals surface area contributed by atoms with Crippen molar-refractivity contribution in [2.75, 3.05) is 33.7 Å². The van der Waals surface area contributed by atoms with Gasteiger partial charge in [0, 0.05) is 63.4 Å². The Morgan fingerprint density at radius 3 is 2.36 bits per heavy atom. The molecule has 0 radical (unpaired) electrons. The average Bonchev–Trinajstić information content (AvgIpc) is 3.38. The Balaban J connectivity index is 1.29. The number of nitrogens with zero attached hydrogens (tertiary/aromatic N) is 3. The summed E-state index contributed by atoms with van der Waals surface area (Å²) in [7, 11) is -0.263. The highest BCUT2D eigenvalue weighted by Crippen LogP contribution is 2.39. The van der Waals surface area contributed by atoms with Crippen molar-refractivity contribution >= 4 is 15.6 Å². The van der Waals surface area contributed by atoms with Gasteiger partial charge in [-0.15, -0.1) is 4.83 Å². The van der Waals surface area contributed by atoms with Gasteiger partial charge in [0.2, 0.25) is 0 Å². The molecule has 0 unspecified atom stereocenters. The lowest BCUT2D eigenvalue weighted by Crippen LogP contribution is -2.36. The molecule has 3 heterocycles. The van der Waals surface area contributed by atoms with Crippen molar-refractivity contribution in [1.29, 1.82) is 0 Å². The van der Waals surface area contributed by atoms with Gasteiger partial charge in [-0.1, -0.05) is 18.2 Å². The fourth-order valence-electron chi connectivity index (χ4n) is 4.91. The number of sulfonamides is 1. The summed E-state index contributed by atoms with van der Waals surface area (Å²) in [6.45, 7) is 2.65. The molecule has 5 rings (SSSR count). The van der Waals surface area contributed by atoms with E-state index in [2.05, 4.69) is 32.0 Å². The molecular weight excluding hydrogens is 513 g/mol. The van der Waals surface area contributed by atoms with E-state index < -0.39 is 10.0 Å². The molecule has 0 fully saturated rings. The molecule has 9 heteroatoms. The first kappa shape index (κ1) is 27.0. The third-order valence-electron chi connectivity index (χ3n) is 6.87. The van der Waals surface area contributed by atoms with Crippen molar-refractivity contribution in [3.8, 4) is 22.4 Å². The third kappa shape index (κ3) is 6.34. The summed E-state index contributed by atoms with van der Waals surface area (Å²) >= 11 is 0. The van der Waals surface area contributed by atoms with Gasteiger partial charge in [0.15, 0.2) is 0 Å². The first-order chi connectivity index (χ1) is 18.8. The first-order valence-electron chi connectivity index (χ1n) is 12.9. The number of nitrogens with one attached hydrogen (secondary N) is 2. The van der Waals surface area contributed by atoms with E-state index in [1.54, 1.807) is 50.8 Å². The van der Waals surface area contributed by atoms with Gasteiger partial charge in [-0.3, -0.25) is 9.88 Å². The number of hydrogen-bond acceptors (Lipinski definition) is 5. The molecule has 0 atom stereocenters. The van der Waals surface area contributed by atoms with Gasteiger partial charge in [0.1, 0.15) is 5.82 Å². The maximum atomic E-state index is 13.6. The minimum absolute atomic E-state index is 0.252. The van der Waals surface area contributed by atoms with Crippen molar-refractivity contribution in [1.82, 2.24) is 24.7 Å². The van der Waals surface area contributed by atoms with E-state index in [0.29, 0.717) is 0 Å². The monoisotopic (exact) mass is 545 g/mol. The van der Waals surface area contributed by atoms with Gasteiger partial charge >= 0.3 is 0 Å². The normalized spacial score (nSPS) is 14.5. The van der Waals surface area contributed by atoms with Crippen LogP contribution in [0.3, 0.4) is 0 Å². The quantitative estimate of drug-likeness (QED) is 0.290. The van der Waals surface area contributed by atoms with Gasteiger partial charge in [-0.25, -0.2) is 17.8 Å². The standard InChI is InChI=1S/C30H32FN5O2S/c1-35(2)34-39(37,38)27-9-3-22(4-10-27)13-18-36-19-14-23(15-20-36)28-21-33-30(25-5-7-26(31)8-6-25)29(28)24-11-16-32-17-12-24/h3-12,14,16-17,21,33-34H,13,15,18-20H2,1-2H3. The molecule has 2 N–H and O–H groups in total. The number of H-pyrrole nitrogens is 1. The lowest BCUT2D eigenvalue weighted by molar-refractivity contribution is 0.306. The van der Waals surface area contributed by atoms with Crippen molar-refractivity contribution < 1.29 is 12.8 Å². The molecule has 4 aromatic rings. The average molecular weight is 546 g/mol. The summed E-state index contributed by atoms with van der Waals surface area (Å²) in [5.41, 5.74) is 7.60. The van der Waals surface area contributed by atoms with E-state index >= 15 is 0 Å². The highest BCUT2D eigenvalue weighted by Gasteiger charge is 2.21. The third-order valence-corrected chi connectivity index (χ3v) is 8.37. The van der Waals surface area contributed by atoms with Gasteiger partial charge in [0.25, 0.3) is 10.0 Å². The van der Waals surface area contributed by atoms with E-state index in [9.17, 15) is 12.8 Å². The number of halogens is 1. The molecule has 0 aliphatic carbocycles. The lowest BCUT2D eigenvalue weighted by Gasteiger charge is -2.26. The summed E-state index contributed by atoms with van der Waals surface area (Å²) in [5, 5.41) is 1.42. The molecule has 0 spiro atoms. The molecule has 2 aromatic heterocycles. The van der Waals surface area contributed by atoms with Crippen LogP contribution in [0.15, 0.2) is 90.2 Å². The highest BCUT2D eigenvalue weighted by molar-refractivity contribution is 7.89. The minimum atomic E-state index is -3.55. The summed E-state index contributed by atoms with van der Waals surface area (Å²) in [5.74, 6) is -0.256. The van der Waals surface area contributed by atoms with Crippen LogP contribution in [-0.2, 0) is 16.4 Å². The van der Waals surface area contributed by atoms with Crippen molar-refractivity contribution in [2.45, 2.75) is 17.7 Å². The SMILES string of the molecule is CN(C)NS(=O)(=O)c1ccc(CCN2CC=C(c3c[nH]c(-c4ccc(F)cc4)c3-c3ccncc3)CC2)cc1. The molecule has 39 heavy (non-hydrogen) atoms. The Bertz CT molecular complexity index is 1550. The number of rotatable bonds is 9. The number of aromatic amines is 1. The predicted molar refractivity (Wildman–Crippen MR) is 153 cm³/mol. The lowest BCUT2D eigenvalue weighted by atomic mass is 9.92. The maximum Gasteiger partial charge on any atom is 0.253 e. The second-order valence-electron chi connectivity index (χ2n) is 9.86.